The monoisotopic (exact) mass is 456 g/mol. The number of hydrogen-bond donors (Lipinski definition) is 0. The Morgan fingerprint density at radius 3 is 1.68 bits per heavy atom. The molecule has 1 atom stereocenters. The molecule has 0 N–H and O–H groups in total. The third kappa shape index (κ3) is 4.04. The molecule has 0 radical (unpaired) electrons. The van der Waals surface area contributed by atoms with Crippen LogP contribution >= 0.6 is 0 Å². The van der Waals surface area contributed by atoms with E-state index in [-0.39, 0.29) is 16.3 Å². The van der Waals surface area contributed by atoms with Gasteiger partial charge >= 0.3 is 0 Å². The van der Waals surface area contributed by atoms with E-state index in [1.54, 1.807) is 24.3 Å². The molecule has 0 aliphatic carbocycles. The number of sulfonamides is 2. The lowest BCUT2D eigenvalue weighted by Gasteiger charge is -2.31. The van der Waals surface area contributed by atoms with Gasteiger partial charge in [-0.05, 0) is 50.1 Å². The predicted molar refractivity (Wildman–Crippen MR) is 119 cm³/mol. The summed E-state index contributed by atoms with van der Waals surface area (Å²) in [6.45, 7) is 3.81. The van der Waals surface area contributed by atoms with Gasteiger partial charge in [0.1, 0.15) is 0 Å². The van der Waals surface area contributed by atoms with Crippen LogP contribution in [0.25, 0.3) is 0 Å². The average Bonchev–Trinajstić information content (AvgIpc) is 3.22. The molecule has 0 bridgehead atoms. The third-order valence-electron chi connectivity index (χ3n) is 5.43. The molecule has 0 amide bonds. The molecule has 3 aromatic carbocycles. The molecule has 8 heteroatoms. The number of hydrogen-bond acceptors (Lipinski definition) is 4. The van der Waals surface area contributed by atoms with Crippen molar-refractivity contribution in [3.8, 4) is 0 Å². The molecule has 1 saturated heterocycles. The Bertz CT molecular complexity index is 1270. The molecule has 0 saturated carbocycles. The molecule has 162 valence electrons. The lowest BCUT2D eigenvalue weighted by Crippen LogP contribution is -2.45. The van der Waals surface area contributed by atoms with Crippen molar-refractivity contribution in [1.29, 1.82) is 0 Å². The number of benzene rings is 3. The van der Waals surface area contributed by atoms with Gasteiger partial charge in [-0.1, -0.05) is 65.7 Å². The van der Waals surface area contributed by atoms with Gasteiger partial charge in [0.15, 0.2) is 0 Å². The zero-order valence-corrected chi connectivity index (χ0v) is 19.0. The normalized spacial score (nSPS) is 18.3. The number of nitrogens with zero attached hydrogens (tertiary/aromatic N) is 2. The van der Waals surface area contributed by atoms with Gasteiger partial charge in [-0.3, -0.25) is 0 Å². The van der Waals surface area contributed by atoms with Gasteiger partial charge in [-0.25, -0.2) is 16.8 Å². The van der Waals surface area contributed by atoms with Gasteiger partial charge < -0.3 is 0 Å². The summed E-state index contributed by atoms with van der Waals surface area (Å²) < 4.78 is 56.4. The predicted octanol–water partition coefficient (Wildman–Crippen LogP) is 4.05. The highest BCUT2D eigenvalue weighted by Crippen LogP contribution is 2.40. The Morgan fingerprint density at radius 2 is 1.16 bits per heavy atom. The SMILES string of the molecule is Cc1ccc(S(=O)(=O)N2CC[C@@H](c3ccccc3)N2S(=O)(=O)c2ccc(C)cc2)cc1. The highest BCUT2D eigenvalue weighted by atomic mass is 32.2. The summed E-state index contributed by atoms with van der Waals surface area (Å²) in [4.78, 5) is 0.126. The minimum atomic E-state index is -4.12. The fraction of sp³-hybridized carbons (Fsp3) is 0.217. The third-order valence-corrected chi connectivity index (χ3v) is 9.12. The highest BCUT2D eigenvalue weighted by molar-refractivity contribution is 7.92. The summed E-state index contributed by atoms with van der Waals surface area (Å²) in [7, 11) is -8.19. The Balaban J connectivity index is 1.85. The topological polar surface area (TPSA) is 74.8 Å². The molecular formula is C23H24N2O4S2. The summed E-state index contributed by atoms with van der Waals surface area (Å²) >= 11 is 0. The van der Waals surface area contributed by atoms with Crippen molar-refractivity contribution < 1.29 is 16.8 Å². The lowest BCUT2D eigenvalue weighted by atomic mass is 10.1. The molecule has 1 aliphatic heterocycles. The maximum absolute atomic E-state index is 13.7. The lowest BCUT2D eigenvalue weighted by molar-refractivity contribution is 0.192. The van der Waals surface area contributed by atoms with Crippen molar-refractivity contribution in [2.24, 2.45) is 0 Å². The first-order valence-corrected chi connectivity index (χ1v) is 12.8. The van der Waals surface area contributed by atoms with Crippen LogP contribution in [0.1, 0.15) is 29.2 Å². The van der Waals surface area contributed by atoms with E-state index in [1.807, 2.05) is 44.2 Å². The molecule has 1 aliphatic rings. The van der Waals surface area contributed by atoms with E-state index in [2.05, 4.69) is 0 Å². The van der Waals surface area contributed by atoms with Gasteiger partial charge in [0.25, 0.3) is 20.0 Å². The molecule has 0 spiro atoms. The van der Waals surface area contributed by atoms with E-state index in [0.717, 1.165) is 25.5 Å². The summed E-state index contributed by atoms with van der Waals surface area (Å²) in [5.74, 6) is 0. The maximum atomic E-state index is 13.7. The quantitative estimate of drug-likeness (QED) is 0.581. The molecule has 1 fully saturated rings. The van der Waals surface area contributed by atoms with Crippen molar-refractivity contribution in [1.82, 2.24) is 8.83 Å². The minimum Gasteiger partial charge on any atom is -0.206 e. The fourth-order valence-corrected chi connectivity index (χ4v) is 7.23. The van der Waals surface area contributed by atoms with Crippen LogP contribution in [-0.4, -0.2) is 32.2 Å². The summed E-state index contributed by atoms with van der Waals surface area (Å²) in [6, 6.07) is 21.4. The minimum absolute atomic E-state index is 0.0602. The van der Waals surface area contributed by atoms with Gasteiger partial charge in [-0.15, -0.1) is 8.83 Å². The second-order valence-electron chi connectivity index (χ2n) is 7.67. The van der Waals surface area contributed by atoms with E-state index < -0.39 is 26.1 Å². The highest BCUT2D eigenvalue weighted by Gasteiger charge is 2.47. The molecule has 31 heavy (non-hydrogen) atoms. The molecule has 0 aromatic heterocycles. The van der Waals surface area contributed by atoms with E-state index in [4.69, 9.17) is 0 Å². The van der Waals surface area contributed by atoms with Crippen LogP contribution < -0.4 is 0 Å². The van der Waals surface area contributed by atoms with Gasteiger partial charge in [0.05, 0.1) is 15.8 Å². The zero-order chi connectivity index (χ0) is 22.2. The van der Waals surface area contributed by atoms with Crippen molar-refractivity contribution in [3.63, 3.8) is 0 Å². The fourth-order valence-electron chi connectivity index (χ4n) is 3.73. The largest absolute Gasteiger partial charge is 0.257 e. The molecule has 3 aromatic rings. The van der Waals surface area contributed by atoms with E-state index in [1.165, 1.54) is 24.3 Å². The first-order valence-electron chi connectivity index (χ1n) is 9.96. The summed E-state index contributed by atoms with van der Waals surface area (Å²) in [5.41, 5.74) is 2.59. The number of rotatable bonds is 5. The van der Waals surface area contributed by atoms with E-state index in [0.29, 0.717) is 6.42 Å². The van der Waals surface area contributed by atoms with Gasteiger partial charge in [0.2, 0.25) is 0 Å². The molecule has 0 unspecified atom stereocenters. The van der Waals surface area contributed by atoms with E-state index in [9.17, 15) is 16.8 Å². The zero-order valence-electron chi connectivity index (χ0n) is 17.3. The number of hydrazine groups is 1. The second kappa shape index (κ2) is 8.20. The van der Waals surface area contributed by atoms with Crippen molar-refractivity contribution in [2.45, 2.75) is 36.1 Å². The molecular weight excluding hydrogens is 432 g/mol. The smallest absolute Gasteiger partial charge is 0.206 e. The van der Waals surface area contributed by atoms with Crippen LogP contribution in [0.3, 0.4) is 0 Å². The first kappa shape index (κ1) is 21.7. The Kier molecular flexibility index (Phi) is 5.74. The first-order chi connectivity index (χ1) is 14.7. The second-order valence-corrected chi connectivity index (χ2v) is 11.3. The van der Waals surface area contributed by atoms with E-state index >= 15 is 0 Å². The van der Waals surface area contributed by atoms with Crippen molar-refractivity contribution in [2.75, 3.05) is 6.54 Å². The Hall–Kier alpha value is -2.52. The standard InChI is InChI=1S/C23H24N2O4S2/c1-18-8-12-21(13-9-18)30(26,27)24-17-16-23(20-6-4-3-5-7-20)25(24)31(28,29)22-14-10-19(2)11-15-22/h3-15,23H,16-17H2,1-2H3/t23-/m0/s1. The molecule has 6 nitrogen and oxygen atoms in total. The van der Waals surface area contributed by atoms with Crippen LogP contribution in [0.4, 0.5) is 0 Å². The number of aryl methyl sites for hydroxylation is 2. The molecule has 1 heterocycles. The van der Waals surface area contributed by atoms with Crippen LogP contribution in [0.2, 0.25) is 0 Å². The van der Waals surface area contributed by atoms with Crippen LogP contribution in [0, 0.1) is 13.8 Å². The van der Waals surface area contributed by atoms with Gasteiger partial charge in [0, 0.05) is 6.54 Å². The average molecular weight is 457 g/mol. The van der Waals surface area contributed by atoms with Crippen molar-refractivity contribution >= 4 is 20.0 Å². The van der Waals surface area contributed by atoms with Gasteiger partial charge in [-0.2, -0.15) is 0 Å². The van der Waals surface area contributed by atoms with Crippen LogP contribution in [0.15, 0.2) is 88.7 Å². The summed E-state index contributed by atoms with van der Waals surface area (Å²) in [6.07, 6.45) is 0.361. The Labute approximate surface area is 183 Å². The maximum Gasteiger partial charge on any atom is 0.257 e. The Morgan fingerprint density at radius 1 is 0.677 bits per heavy atom. The van der Waals surface area contributed by atoms with Crippen LogP contribution in [-0.2, 0) is 20.0 Å². The summed E-state index contributed by atoms with van der Waals surface area (Å²) in [5, 5.41) is 0. The van der Waals surface area contributed by atoms with Crippen LogP contribution in [0.5, 0.6) is 0 Å². The molecule has 4 rings (SSSR count). The van der Waals surface area contributed by atoms with Crippen molar-refractivity contribution in [3.05, 3.63) is 95.6 Å².